The molecule has 0 saturated carbocycles. The van der Waals surface area contributed by atoms with Gasteiger partial charge in [-0.05, 0) is 42.5 Å². The number of nitrogens with zero attached hydrogens (tertiary/aromatic N) is 2. The van der Waals surface area contributed by atoms with Crippen molar-refractivity contribution >= 4 is 71.5 Å². The van der Waals surface area contributed by atoms with Gasteiger partial charge < -0.3 is 5.32 Å². The standard InChI is InChI=1S/C15H9BrN4O3S2/c16-9-3-1-8(2-4-9)13(21)18-14(24)19-15-17-11-6-5-10(20(22)23)7-12(11)25-15/h1-7H,(H2,17,18,19,21,24). The zero-order chi connectivity index (χ0) is 18.0. The van der Waals surface area contributed by atoms with E-state index in [9.17, 15) is 14.9 Å². The van der Waals surface area contributed by atoms with E-state index in [4.69, 9.17) is 12.2 Å². The molecule has 0 saturated heterocycles. The van der Waals surface area contributed by atoms with Gasteiger partial charge in [-0.1, -0.05) is 27.3 Å². The number of carbonyl (C=O) groups is 1. The Balaban J connectivity index is 1.70. The lowest BCUT2D eigenvalue weighted by atomic mass is 10.2. The first-order valence-corrected chi connectivity index (χ1v) is 8.87. The number of nitro benzene ring substituents is 1. The molecule has 126 valence electrons. The van der Waals surface area contributed by atoms with Crippen LogP contribution >= 0.6 is 39.5 Å². The van der Waals surface area contributed by atoms with Crippen molar-refractivity contribution in [2.24, 2.45) is 0 Å². The van der Waals surface area contributed by atoms with Crippen molar-refractivity contribution in [2.45, 2.75) is 0 Å². The second kappa shape index (κ2) is 7.21. The summed E-state index contributed by atoms with van der Waals surface area (Å²) in [6.07, 6.45) is 0. The fourth-order valence-electron chi connectivity index (χ4n) is 1.99. The molecule has 3 rings (SSSR count). The van der Waals surface area contributed by atoms with Crippen molar-refractivity contribution < 1.29 is 9.72 Å². The zero-order valence-electron chi connectivity index (χ0n) is 12.4. The summed E-state index contributed by atoms with van der Waals surface area (Å²) in [4.78, 5) is 26.7. The SMILES string of the molecule is O=C(NC(=S)Nc1nc2ccc([N+](=O)[O-])cc2s1)c1ccc(Br)cc1. The maximum Gasteiger partial charge on any atom is 0.270 e. The summed E-state index contributed by atoms with van der Waals surface area (Å²) in [5.41, 5.74) is 1.07. The number of anilines is 1. The Morgan fingerprint density at radius 1 is 1.24 bits per heavy atom. The second-order valence-electron chi connectivity index (χ2n) is 4.84. The van der Waals surface area contributed by atoms with E-state index in [1.807, 2.05) is 0 Å². The van der Waals surface area contributed by atoms with Crippen LogP contribution in [0.5, 0.6) is 0 Å². The smallest absolute Gasteiger partial charge is 0.270 e. The molecule has 0 bridgehead atoms. The van der Waals surface area contributed by atoms with Gasteiger partial charge in [0, 0.05) is 22.2 Å². The highest BCUT2D eigenvalue weighted by Crippen LogP contribution is 2.29. The summed E-state index contributed by atoms with van der Waals surface area (Å²) in [6.45, 7) is 0. The molecule has 0 atom stereocenters. The largest absolute Gasteiger partial charge is 0.308 e. The predicted molar refractivity (Wildman–Crippen MR) is 104 cm³/mol. The highest BCUT2D eigenvalue weighted by molar-refractivity contribution is 9.10. The zero-order valence-corrected chi connectivity index (χ0v) is 15.6. The number of hydrogen-bond acceptors (Lipinski definition) is 6. The van der Waals surface area contributed by atoms with Crippen LogP contribution < -0.4 is 10.6 Å². The number of non-ortho nitro benzene ring substituents is 1. The number of fused-ring (bicyclic) bond motifs is 1. The summed E-state index contributed by atoms with van der Waals surface area (Å²) in [5.74, 6) is -0.346. The first kappa shape index (κ1) is 17.4. The van der Waals surface area contributed by atoms with Gasteiger partial charge in [0.2, 0.25) is 0 Å². The molecule has 2 N–H and O–H groups in total. The number of thiazole rings is 1. The van der Waals surface area contributed by atoms with Gasteiger partial charge in [-0.25, -0.2) is 4.98 Å². The van der Waals surface area contributed by atoms with E-state index in [0.717, 1.165) is 4.47 Å². The fraction of sp³-hybridized carbons (Fsp3) is 0. The van der Waals surface area contributed by atoms with Gasteiger partial charge in [0.1, 0.15) is 0 Å². The molecule has 0 aliphatic rings. The second-order valence-corrected chi connectivity index (χ2v) is 7.20. The topological polar surface area (TPSA) is 97.2 Å². The third-order valence-electron chi connectivity index (χ3n) is 3.14. The quantitative estimate of drug-likeness (QED) is 0.364. The van der Waals surface area contributed by atoms with Gasteiger partial charge in [-0.3, -0.25) is 20.2 Å². The monoisotopic (exact) mass is 436 g/mol. The molecule has 0 fully saturated rings. The molecule has 1 heterocycles. The number of nitrogens with one attached hydrogen (secondary N) is 2. The number of thiocarbonyl (C=S) groups is 1. The molecular formula is C15H9BrN4O3S2. The van der Waals surface area contributed by atoms with Crippen LogP contribution in [-0.2, 0) is 0 Å². The van der Waals surface area contributed by atoms with Gasteiger partial charge >= 0.3 is 0 Å². The van der Waals surface area contributed by atoms with E-state index < -0.39 is 4.92 Å². The maximum atomic E-state index is 12.1. The van der Waals surface area contributed by atoms with Crippen LogP contribution in [0.4, 0.5) is 10.8 Å². The van der Waals surface area contributed by atoms with Crippen molar-refractivity contribution in [3.8, 4) is 0 Å². The van der Waals surface area contributed by atoms with Crippen LogP contribution in [0.25, 0.3) is 10.2 Å². The van der Waals surface area contributed by atoms with Crippen LogP contribution in [0.3, 0.4) is 0 Å². The molecule has 0 spiro atoms. The van der Waals surface area contributed by atoms with Crippen LogP contribution in [0.2, 0.25) is 0 Å². The Labute approximate surface area is 159 Å². The molecule has 2 aromatic carbocycles. The highest BCUT2D eigenvalue weighted by Gasteiger charge is 2.12. The molecule has 0 unspecified atom stereocenters. The molecular weight excluding hydrogens is 428 g/mol. The van der Waals surface area contributed by atoms with Gasteiger partial charge in [0.05, 0.1) is 15.1 Å². The number of rotatable bonds is 3. The van der Waals surface area contributed by atoms with Crippen LogP contribution in [0.15, 0.2) is 46.9 Å². The van der Waals surface area contributed by atoms with Crippen molar-refractivity contribution in [3.63, 3.8) is 0 Å². The number of hydrogen-bond donors (Lipinski definition) is 2. The van der Waals surface area contributed by atoms with E-state index in [-0.39, 0.29) is 16.7 Å². The lowest BCUT2D eigenvalue weighted by molar-refractivity contribution is -0.384. The highest BCUT2D eigenvalue weighted by atomic mass is 79.9. The number of benzene rings is 2. The lowest BCUT2D eigenvalue weighted by Gasteiger charge is -2.07. The summed E-state index contributed by atoms with van der Waals surface area (Å²) in [5, 5.41) is 16.7. The number of aromatic nitrogens is 1. The summed E-state index contributed by atoms with van der Waals surface area (Å²) >= 11 is 9.63. The van der Waals surface area contributed by atoms with Gasteiger partial charge in [-0.2, -0.15) is 0 Å². The average Bonchev–Trinajstić information content (AvgIpc) is 2.96. The molecule has 10 heteroatoms. The summed E-state index contributed by atoms with van der Waals surface area (Å²) < 4.78 is 1.52. The Morgan fingerprint density at radius 3 is 2.64 bits per heavy atom. The van der Waals surface area contributed by atoms with Gasteiger partial charge in [0.25, 0.3) is 11.6 Å². The molecule has 7 nitrogen and oxygen atoms in total. The molecule has 1 amide bonds. The lowest BCUT2D eigenvalue weighted by Crippen LogP contribution is -2.34. The fourth-order valence-corrected chi connectivity index (χ4v) is 3.41. The first-order chi connectivity index (χ1) is 11.9. The summed E-state index contributed by atoms with van der Waals surface area (Å²) in [6, 6.07) is 11.2. The third-order valence-corrected chi connectivity index (χ3v) is 4.80. The van der Waals surface area contributed by atoms with E-state index in [1.54, 1.807) is 30.3 Å². The average molecular weight is 437 g/mol. The number of carbonyl (C=O) groups excluding carboxylic acids is 1. The third kappa shape index (κ3) is 4.16. The molecule has 0 radical (unpaired) electrons. The van der Waals surface area contributed by atoms with E-state index in [2.05, 4.69) is 31.5 Å². The van der Waals surface area contributed by atoms with Crippen molar-refractivity contribution in [1.82, 2.24) is 10.3 Å². The minimum Gasteiger partial charge on any atom is -0.308 e. The predicted octanol–water partition coefficient (Wildman–Crippen LogP) is 4.09. The van der Waals surface area contributed by atoms with E-state index >= 15 is 0 Å². The Morgan fingerprint density at radius 2 is 1.96 bits per heavy atom. The van der Waals surface area contributed by atoms with Crippen molar-refractivity contribution in [1.29, 1.82) is 0 Å². The van der Waals surface area contributed by atoms with E-state index in [0.29, 0.717) is 20.9 Å². The minimum absolute atomic E-state index is 0.00572. The van der Waals surface area contributed by atoms with Crippen LogP contribution in [-0.4, -0.2) is 20.9 Å². The Bertz CT molecular complexity index is 988. The van der Waals surface area contributed by atoms with Crippen LogP contribution in [0, 0.1) is 10.1 Å². The van der Waals surface area contributed by atoms with Gasteiger partial charge in [0.15, 0.2) is 10.2 Å². The first-order valence-electron chi connectivity index (χ1n) is 6.85. The molecule has 25 heavy (non-hydrogen) atoms. The normalized spacial score (nSPS) is 10.4. The molecule has 3 aromatic rings. The molecule has 1 aromatic heterocycles. The van der Waals surface area contributed by atoms with Crippen molar-refractivity contribution in [3.05, 3.63) is 62.6 Å². The molecule has 0 aliphatic carbocycles. The Kier molecular flexibility index (Phi) is 5.02. The van der Waals surface area contributed by atoms with Gasteiger partial charge in [-0.15, -0.1) is 0 Å². The number of halogens is 1. The van der Waals surface area contributed by atoms with E-state index in [1.165, 1.54) is 23.5 Å². The maximum absolute atomic E-state index is 12.1. The van der Waals surface area contributed by atoms with Crippen molar-refractivity contribution in [2.75, 3.05) is 5.32 Å². The number of amides is 1. The molecule has 0 aliphatic heterocycles. The minimum atomic E-state index is -0.463. The summed E-state index contributed by atoms with van der Waals surface area (Å²) in [7, 11) is 0. The van der Waals surface area contributed by atoms with Crippen LogP contribution in [0.1, 0.15) is 10.4 Å². The number of nitro groups is 1. The Hall–Kier alpha value is -2.43.